The van der Waals surface area contributed by atoms with Gasteiger partial charge in [0.05, 0.1) is 11.1 Å². The summed E-state index contributed by atoms with van der Waals surface area (Å²) in [6.07, 6.45) is 0. The summed E-state index contributed by atoms with van der Waals surface area (Å²) in [5.74, 6) is 0. The first-order valence-electron chi connectivity index (χ1n) is 22.3. The predicted octanol–water partition coefficient (Wildman–Crippen LogP) is 16.5. The Morgan fingerprint density at radius 1 is 0.391 bits per heavy atom. The molecule has 2 heteroatoms. The highest BCUT2D eigenvalue weighted by Crippen LogP contribution is 2.58. The first kappa shape index (κ1) is 36.7. The van der Waals surface area contributed by atoms with Crippen LogP contribution in [0.2, 0.25) is 0 Å². The lowest BCUT2D eigenvalue weighted by molar-refractivity contribution is 0.660. The van der Waals surface area contributed by atoms with E-state index in [1.807, 2.05) is 0 Å². The van der Waals surface area contributed by atoms with Crippen molar-refractivity contribution in [2.24, 2.45) is 0 Å². The zero-order valence-corrected chi connectivity index (χ0v) is 35.7. The molecule has 0 saturated carbocycles. The first-order chi connectivity index (χ1) is 31.5. The standard InChI is InChI=1S/C62H43NO/c1-61(2)52-27-12-8-23-47(52)50-34-33-46(39-55(50)61)63(56-35-36-58-60(51-26-11-15-30-57(51)64-58)59(56)42-32-31-40-17-6-7-18-41(40)37-42)45-22-16-21-44(38-45)62(43-19-4-3-5-20-43)53-28-13-9-24-48(53)49-25-10-14-29-54(49)62/h3-39H,1-2H3. The van der Waals surface area contributed by atoms with Crippen molar-refractivity contribution in [2.45, 2.75) is 24.7 Å². The van der Waals surface area contributed by atoms with Gasteiger partial charge < -0.3 is 9.32 Å². The molecule has 1 aromatic heterocycles. The zero-order valence-electron chi connectivity index (χ0n) is 35.7. The summed E-state index contributed by atoms with van der Waals surface area (Å²) >= 11 is 0. The van der Waals surface area contributed by atoms with Gasteiger partial charge in [0, 0.05) is 33.1 Å². The molecule has 0 radical (unpaired) electrons. The third kappa shape index (κ3) is 5.14. The van der Waals surface area contributed by atoms with Crippen LogP contribution in [0.25, 0.3) is 66.1 Å². The number of fused-ring (bicyclic) bond motifs is 10. The Kier molecular flexibility index (Phi) is 7.90. The van der Waals surface area contributed by atoms with E-state index in [0.29, 0.717) is 0 Å². The Labute approximate surface area is 373 Å². The zero-order chi connectivity index (χ0) is 42.6. The third-order valence-electron chi connectivity index (χ3n) is 14.3. The fourth-order valence-corrected chi connectivity index (χ4v) is 11.5. The predicted molar refractivity (Wildman–Crippen MR) is 266 cm³/mol. The quantitative estimate of drug-likeness (QED) is 0.166. The Bertz CT molecular complexity index is 3620. The molecule has 13 rings (SSSR count). The van der Waals surface area contributed by atoms with Crippen LogP contribution >= 0.6 is 0 Å². The summed E-state index contributed by atoms with van der Waals surface area (Å²) in [5, 5.41) is 4.62. The van der Waals surface area contributed by atoms with Crippen molar-refractivity contribution in [1.82, 2.24) is 0 Å². The van der Waals surface area contributed by atoms with Gasteiger partial charge in [-0.3, -0.25) is 0 Å². The van der Waals surface area contributed by atoms with E-state index in [1.54, 1.807) is 0 Å². The second-order valence-electron chi connectivity index (χ2n) is 18.0. The van der Waals surface area contributed by atoms with E-state index in [9.17, 15) is 0 Å². The minimum Gasteiger partial charge on any atom is -0.456 e. The van der Waals surface area contributed by atoms with Gasteiger partial charge in [-0.15, -0.1) is 0 Å². The van der Waals surface area contributed by atoms with Gasteiger partial charge in [0.25, 0.3) is 0 Å². The lowest BCUT2D eigenvalue weighted by Crippen LogP contribution is -2.28. The molecular formula is C62H43NO. The minimum atomic E-state index is -0.552. The maximum absolute atomic E-state index is 6.67. The number of furan rings is 1. The van der Waals surface area contributed by atoms with Crippen LogP contribution < -0.4 is 4.90 Å². The van der Waals surface area contributed by atoms with Crippen molar-refractivity contribution >= 4 is 49.8 Å². The fourth-order valence-electron chi connectivity index (χ4n) is 11.5. The van der Waals surface area contributed by atoms with Crippen LogP contribution in [-0.4, -0.2) is 0 Å². The fraction of sp³-hybridized carbons (Fsp3) is 0.0645. The lowest BCUT2D eigenvalue weighted by atomic mass is 9.67. The molecule has 0 N–H and O–H groups in total. The summed E-state index contributed by atoms with van der Waals surface area (Å²) in [7, 11) is 0. The van der Waals surface area contributed by atoms with Gasteiger partial charge >= 0.3 is 0 Å². The van der Waals surface area contributed by atoms with Gasteiger partial charge in [0.15, 0.2) is 0 Å². The van der Waals surface area contributed by atoms with Gasteiger partial charge in [-0.2, -0.15) is 0 Å². The lowest BCUT2D eigenvalue weighted by Gasteiger charge is -2.35. The van der Waals surface area contributed by atoms with Gasteiger partial charge in [0.2, 0.25) is 0 Å². The van der Waals surface area contributed by atoms with Gasteiger partial charge in [0.1, 0.15) is 11.2 Å². The summed E-state index contributed by atoms with van der Waals surface area (Å²) in [6.45, 7) is 4.74. The molecule has 302 valence electrons. The summed E-state index contributed by atoms with van der Waals surface area (Å²) in [5.41, 5.74) is 19.5. The van der Waals surface area contributed by atoms with E-state index in [2.05, 4.69) is 243 Å². The summed E-state index contributed by atoms with van der Waals surface area (Å²) < 4.78 is 6.67. The van der Waals surface area contributed by atoms with Crippen LogP contribution in [0.1, 0.15) is 47.2 Å². The van der Waals surface area contributed by atoms with Gasteiger partial charge in [-0.1, -0.05) is 190 Å². The van der Waals surface area contributed by atoms with Crippen molar-refractivity contribution in [1.29, 1.82) is 0 Å². The molecule has 10 aromatic carbocycles. The number of para-hydroxylation sites is 1. The number of rotatable bonds is 6. The Balaban J connectivity index is 1.13. The van der Waals surface area contributed by atoms with Crippen LogP contribution in [-0.2, 0) is 10.8 Å². The summed E-state index contributed by atoms with van der Waals surface area (Å²) in [6, 6.07) is 83.0. The van der Waals surface area contributed by atoms with Crippen molar-refractivity contribution in [3.63, 3.8) is 0 Å². The maximum atomic E-state index is 6.67. The SMILES string of the molecule is CC1(C)c2ccccc2-c2ccc(N(c3cccc(C4(c5ccccc5)c5ccccc5-c5ccccc54)c3)c3ccc4oc5ccccc5c4c3-c3ccc4ccccc4c3)cc21. The molecule has 64 heavy (non-hydrogen) atoms. The van der Waals surface area contributed by atoms with Crippen LogP contribution in [0.15, 0.2) is 229 Å². The topological polar surface area (TPSA) is 16.4 Å². The van der Waals surface area contributed by atoms with Gasteiger partial charge in [-0.25, -0.2) is 0 Å². The molecule has 0 fully saturated rings. The summed E-state index contributed by atoms with van der Waals surface area (Å²) in [4.78, 5) is 2.51. The molecule has 0 amide bonds. The Morgan fingerprint density at radius 3 is 1.78 bits per heavy atom. The monoisotopic (exact) mass is 817 g/mol. The van der Waals surface area contributed by atoms with E-state index in [1.165, 1.54) is 66.4 Å². The highest BCUT2D eigenvalue weighted by atomic mass is 16.3. The number of hydrogen-bond donors (Lipinski definition) is 0. The average molecular weight is 818 g/mol. The molecule has 2 aliphatic carbocycles. The third-order valence-corrected chi connectivity index (χ3v) is 14.3. The number of nitrogens with zero attached hydrogens (tertiary/aromatic N) is 1. The maximum Gasteiger partial charge on any atom is 0.136 e. The van der Waals surface area contributed by atoms with Crippen molar-refractivity contribution in [2.75, 3.05) is 4.90 Å². The highest BCUT2D eigenvalue weighted by molar-refractivity contribution is 6.17. The van der Waals surface area contributed by atoms with E-state index in [4.69, 9.17) is 4.42 Å². The Hall–Kier alpha value is -7.94. The van der Waals surface area contributed by atoms with E-state index >= 15 is 0 Å². The number of benzene rings is 10. The van der Waals surface area contributed by atoms with Gasteiger partial charge in [-0.05, 0) is 121 Å². The van der Waals surface area contributed by atoms with E-state index in [0.717, 1.165) is 50.1 Å². The molecule has 0 bridgehead atoms. The second-order valence-corrected chi connectivity index (χ2v) is 18.0. The smallest absolute Gasteiger partial charge is 0.136 e. The number of hydrogen-bond acceptors (Lipinski definition) is 2. The highest BCUT2D eigenvalue weighted by Gasteiger charge is 2.46. The Morgan fingerprint density at radius 2 is 1.00 bits per heavy atom. The molecule has 0 unspecified atom stereocenters. The minimum absolute atomic E-state index is 0.185. The molecule has 1 heterocycles. The molecular weight excluding hydrogens is 775 g/mol. The van der Waals surface area contributed by atoms with Crippen LogP contribution in [0.5, 0.6) is 0 Å². The molecule has 0 saturated heterocycles. The second kappa shape index (κ2) is 13.8. The van der Waals surface area contributed by atoms with Crippen molar-refractivity contribution < 1.29 is 4.42 Å². The molecule has 0 aliphatic heterocycles. The van der Waals surface area contributed by atoms with Crippen LogP contribution in [0.4, 0.5) is 17.1 Å². The van der Waals surface area contributed by atoms with Crippen LogP contribution in [0.3, 0.4) is 0 Å². The largest absolute Gasteiger partial charge is 0.456 e. The molecule has 2 nitrogen and oxygen atoms in total. The van der Waals surface area contributed by atoms with Crippen molar-refractivity contribution in [3.8, 4) is 33.4 Å². The molecule has 0 atom stereocenters. The average Bonchev–Trinajstić information content (AvgIpc) is 3.96. The first-order valence-corrected chi connectivity index (χ1v) is 22.3. The molecule has 0 spiro atoms. The molecule has 2 aliphatic rings. The van der Waals surface area contributed by atoms with Crippen molar-refractivity contribution in [3.05, 3.63) is 258 Å². The van der Waals surface area contributed by atoms with E-state index in [-0.39, 0.29) is 5.41 Å². The molecule has 11 aromatic rings. The normalized spacial score (nSPS) is 14.0. The number of anilines is 3. The van der Waals surface area contributed by atoms with Crippen LogP contribution in [0, 0.1) is 0 Å². The van der Waals surface area contributed by atoms with E-state index < -0.39 is 5.41 Å².